The number of carbonyl (C=O) groups is 1. The Kier molecular flexibility index (Phi) is 11.7. The van der Waals surface area contributed by atoms with Gasteiger partial charge in [0.25, 0.3) is 0 Å². The van der Waals surface area contributed by atoms with Crippen molar-refractivity contribution in [3.05, 3.63) is 87.5 Å². The van der Waals surface area contributed by atoms with Gasteiger partial charge in [-0.05, 0) is 79.6 Å². The summed E-state index contributed by atoms with van der Waals surface area (Å²) >= 11 is 0. The Morgan fingerprint density at radius 3 is 1.42 bits per heavy atom. The Morgan fingerprint density at radius 2 is 1.13 bits per heavy atom. The molecule has 0 aliphatic rings. The summed E-state index contributed by atoms with van der Waals surface area (Å²) < 4.78 is 0. The number of para-hydroxylation sites is 1. The zero-order valence-electron chi connectivity index (χ0n) is 18.9. The molecule has 3 aromatic rings. The van der Waals surface area contributed by atoms with Crippen LogP contribution < -0.4 is 11.5 Å². The van der Waals surface area contributed by atoms with E-state index in [0.717, 1.165) is 40.0 Å². The molecule has 0 fully saturated rings. The smallest absolute Gasteiger partial charge is 0.153 e. The first-order valence-electron chi connectivity index (χ1n) is 10.2. The van der Waals surface area contributed by atoms with Crippen LogP contribution in [0.25, 0.3) is 0 Å². The Labute approximate surface area is 187 Å². The molecule has 31 heavy (non-hydrogen) atoms. The van der Waals surface area contributed by atoms with Gasteiger partial charge < -0.3 is 16.6 Å². The fourth-order valence-corrected chi connectivity index (χ4v) is 3.16. The summed E-state index contributed by atoms with van der Waals surface area (Å²) in [6.07, 6.45) is 1.54. The van der Waals surface area contributed by atoms with E-state index >= 15 is 0 Å². The molecule has 0 saturated carbocycles. The maximum atomic E-state index is 10.1. The van der Waals surface area contributed by atoms with Gasteiger partial charge in [0.1, 0.15) is 5.75 Å². The summed E-state index contributed by atoms with van der Waals surface area (Å²) in [5.74, 6) is 0.0347. The van der Waals surface area contributed by atoms with Crippen LogP contribution in [0.4, 0.5) is 11.4 Å². The van der Waals surface area contributed by atoms with E-state index in [0.29, 0.717) is 11.8 Å². The van der Waals surface area contributed by atoms with Gasteiger partial charge in [-0.15, -0.1) is 0 Å². The van der Waals surface area contributed by atoms with Crippen LogP contribution in [-0.4, -0.2) is 11.4 Å². The van der Waals surface area contributed by atoms with Crippen LogP contribution in [0.1, 0.15) is 65.0 Å². The highest BCUT2D eigenvalue weighted by Gasteiger charge is 2.06. The second-order valence-corrected chi connectivity index (χ2v) is 7.14. The maximum absolute atomic E-state index is 10.1. The average molecular weight is 423 g/mol. The average Bonchev–Trinajstić information content (AvgIpc) is 2.72. The number of aryl methyl sites for hydroxylation is 4. The number of aldehydes is 1. The van der Waals surface area contributed by atoms with Gasteiger partial charge in [-0.1, -0.05) is 57.7 Å². The molecule has 3 rings (SSSR count). The van der Waals surface area contributed by atoms with Gasteiger partial charge in [0.2, 0.25) is 0 Å². The van der Waals surface area contributed by atoms with Gasteiger partial charge in [-0.3, -0.25) is 4.79 Å². The third-order valence-electron chi connectivity index (χ3n) is 4.78. The van der Waals surface area contributed by atoms with E-state index in [-0.39, 0.29) is 13.2 Å². The van der Waals surface area contributed by atoms with Crippen molar-refractivity contribution in [2.75, 3.05) is 11.5 Å². The van der Waals surface area contributed by atoms with E-state index in [1.807, 2.05) is 13.8 Å². The number of phenols is 1. The van der Waals surface area contributed by atoms with Crippen molar-refractivity contribution in [2.45, 2.75) is 55.4 Å². The number of phenolic OH excluding ortho intramolecular Hbond substituents is 1. The summed E-state index contributed by atoms with van der Waals surface area (Å²) in [5, 5.41) is 8.88. The summed E-state index contributed by atoms with van der Waals surface area (Å²) in [4.78, 5) is 10.1. The van der Waals surface area contributed by atoms with Gasteiger partial charge in [-0.2, -0.15) is 0 Å². The highest BCUT2D eigenvalue weighted by Crippen LogP contribution is 2.24. The minimum atomic E-state index is 0. The van der Waals surface area contributed by atoms with E-state index < -0.39 is 0 Å². The number of nitrogens with two attached hydrogens (primary N) is 2. The zero-order valence-corrected chi connectivity index (χ0v) is 18.9. The van der Waals surface area contributed by atoms with Crippen LogP contribution in [0.3, 0.4) is 0 Å². The summed E-state index contributed by atoms with van der Waals surface area (Å²) in [7, 11) is 0. The molecule has 0 heterocycles. The van der Waals surface area contributed by atoms with E-state index in [1.54, 1.807) is 18.2 Å². The highest BCUT2D eigenvalue weighted by atomic mass is 16.3. The quantitative estimate of drug-likeness (QED) is 0.330. The first kappa shape index (κ1) is 27.7. The summed E-state index contributed by atoms with van der Waals surface area (Å²) in [6.45, 7) is 12.2. The molecule has 0 aromatic heterocycles. The Bertz CT molecular complexity index is 893. The minimum absolute atomic E-state index is 0. The molecule has 0 aliphatic heterocycles. The molecule has 0 saturated heterocycles. The summed E-state index contributed by atoms with van der Waals surface area (Å²) in [5.41, 5.74) is 21.3. The Hall–Kier alpha value is -3.27. The van der Waals surface area contributed by atoms with Crippen LogP contribution >= 0.6 is 0 Å². The van der Waals surface area contributed by atoms with Crippen molar-refractivity contribution < 1.29 is 9.90 Å². The molecule has 0 spiro atoms. The van der Waals surface area contributed by atoms with E-state index in [2.05, 4.69) is 52.0 Å². The molecule has 0 atom stereocenters. The highest BCUT2D eigenvalue weighted by molar-refractivity contribution is 5.78. The van der Waals surface area contributed by atoms with E-state index in [4.69, 9.17) is 16.6 Å². The molecule has 3 aromatic carbocycles. The standard InChI is InChI=1S/C17H22N2.C7H6O2.C2H6.CH4/c1-10-5-14(6-11(2)16(10)18)9-15-7-12(3)17(19)13(4)8-15;8-5-6-3-1-2-4-7(6)9;1-2;/h5-8H,9,18-19H2,1-4H3;1-5,9H;1-2H3;1H4. The molecular formula is C27H38N2O2. The van der Waals surface area contributed by atoms with Crippen molar-refractivity contribution in [3.8, 4) is 5.75 Å². The molecular weight excluding hydrogens is 384 g/mol. The van der Waals surface area contributed by atoms with Crippen LogP contribution in [-0.2, 0) is 6.42 Å². The predicted molar refractivity (Wildman–Crippen MR) is 135 cm³/mol. The van der Waals surface area contributed by atoms with Gasteiger partial charge in [0.15, 0.2) is 6.29 Å². The minimum Gasteiger partial charge on any atom is -0.507 e. The third kappa shape index (κ3) is 7.82. The molecule has 0 unspecified atom stereocenters. The molecule has 0 aliphatic carbocycles. The Morgan fingerprint density at radius 1 is 0.774 bits per heavy atom. The summed E-state index contributed by atoms with van der Waals surface area (Å²) in [6, 6.07) is 15.1. The first-order valence-corrected chi connectivity index (χ1v) is 10.2. The van der Waals surface area contributed by atoms with Crippen molar-refractivity contribution in [3.63, 3.8) is 0 Å². The monoisotopic (exact) mass is 422 g/mol. The largest absolute Gasteiger partial charge is 0.507 e. The molecule has 0 radical (unpaired) electrons. The Balaban J connectivity index is 0.000000633. The number of nitrogen functional groups attached to an aromatic ring is 2. The van der Waals surface area contributed by atoms with Crippen molar-refractivity contribution >= 4 is 17.7 Å². The number of benzene rings is 3. The molecule has 0 amide bonds. The molecule has 4 heteroatoms. The first-order chi connectivity index (χ1) is 14.2. The van der Waals surface area contributed by atoms with Crippen molar-refractivity contribution in [1.82, 2.24) is 0 Å². The number of anilines is 2. The van der Waals surface area contributed by atoms with Crippen LogP contribution in [0.2, 0.25) is 0 Å². The number of carbonyl (C=O) groups excluding carboxylic acids is 1. The normalized spacial score (nSPS) is 9.35. The lowest BCUT2D eigenvalue weighted by molar-refractivity contribution is 0.112. The fourth-order valence-electron chi connectivity index (χ4n) is 3.16. The number of hydrogen-bond acceptors (Lipinski definition) is 4. The predicted octanol–water partition coefficient (Wildman–Crippen LogP) is 6.54. The van der Waals surface area contributed by atoms with Crippen molar-refractivity contribution in [2.24, 2.45) is 0 Å². The third-order valence-corrected chi connectivity index (χ3v) is 4.78. The topological polar surface area (TPSA) is 89.3 Å². The number of hydrogen-bond donors (Lipinski definition) is 3. The zero-order chi connectivity index (χ0) is 22.8. The van der Waals surface area contributed by atoms with Crippen LogP contribution in [0.15, 0.2) is 48.5 Å². The van der Waals surface area contributed by atoms with Gasteiger partial charge in [0.05, 0.1) is 5.56 Å². The second kappa shape index (κ2) is 13.1. The lowest BCUT2D eigenvalue weighted by Crippen LogP contribution is -1.99. The van der Waals surface area contributed by atoms with Gasteiger partial charge >= 0.3 is 0 Å². The molecule has 168 valence electrons. The van der Waals surface area contributed by atoms with Gasteiger partial charge in [-0.25, -0.2) is 0 Å². The van der Waals surface area contributed by atoms with E-state index in [9.17, 15) is 4.79 Å². The maximum Gasteiger partial charge on any atom is 0.153 e. The molecule has 0 bridgehead atoms. The van der Waals surface area contributed by atoms with Crippen LogP contribution in [0.5, 0.6) is 5.75 Å². The lowest BCUT2D eigenvalue weighted by Gasteiger charge is -2.11. The van der Waals surface area contributed by atoms with Crippen LogP contribution in [0, 0.1) is 27.7 Å². The molecule has 5 N–H and O–H groups in total. The number of rotatable bonds is 3. The van der Waals surface area contributed by atoms with E-state index in [1.165, 1.54) is 17.2 Å². The fraction of sp³-hybridized carbons (Fsp3) is 0.296. The SMILES string of the molecule is C.CC.Cc1cc(Cc2cc(C)c(N)c(C)c2)cc(C)c1N.O=Cc1ccccc1O. The lowest BCUT2D eigenvalue weighted by atomic mass is 9.96. The van der Waals surface area contributed by atoms with Gasteiger partial charge in [0, 0.05) is 11.4 Å². The molecule has 4 nitrogen and oxygen atoms in total. The second-order valence-electron chi connectivity index (χ2n) is 7.14. The number of aromatic hydroxyl groups is 1. The van der Waals surface area contributed by atoms with Crippen molar-refractivity contribution in [1.29, 1.82) is 0 Å².